The summed E-state index contributed by atoms with van der Waals surface area (Å²) in [5, 5.41) is 24.7. The number of aliphatic hydroxyl groups is 1. The van der Waals surface area contributed by atoms with E-state index in [1.54, 1.807) is 19.2 Å². The fourth-order valence-corrected chi connectivity index (χ4v) is 4.59. The van der Waals surface area contributed by atoms with Crippen LogP contribution >= 0.6 is 0 Å². The van der Waals surface area contributed by atoms with E-state index in [9.17, 15) is 15.0 Å². The number of phenols is 1. The van der Waals surface area contributed by atoms with E-state index in [0.29, 0.717) is 29.6 Å². The van der Waals surface area contributed by atoms with Gasteiger partial charge in [-0.1, -0.05) is 48.5 Å². The molecule has 4 aromatic carbocycles. The summed E-state index contributed by atoms with van der Waals surface area (Å²) in [5.74, 6) is 2.23. The molecule has 1 atom stereocenters. The SMILES string of the molecule is COc1ccc(Oc2ccc(CCNC[C@H](O)c3ccc(O)c4[nH]c(=O)ccc34)cc2)cc1-c1ccccc1. The van der Waals surface area contributed by atoms with Crippen molar-refractivity contribution in [2.75, 3.05) is 20.2 Å². The van der Waals surface area contributed by atoms with Crippen LogP contribution in [-0.2, 0) is 6.42 Å². The first-order chi connectivity index (χ1) is 19.0. The maximum atomic E-state index is 11.6. The number of aromatic amines is 1. The Balaban J connectivity index is 1.16. The average molecular weight is 523 g/mol. The molecule has 0 aliphatic carbocycles. The van der Waals surface area contributed by atoms with Crippen LogP contribution in [-0.4, -0.2) is 35.4 Å². The first-order valence-electron chi connectivity index (χ1n) is 12.8. The molecule has 4 N–H and O–H groups in total. The third-order valence-corrected chi connectivity index (χ3v) is 6.61. The molecule has 0 fully saturated rings. The zero-order chi connectivity index (χ0) is 27.2. The summed E-state index contributed by atoms with van der Waals surface area (Å²) in [6.45, 7) is 1.00. The molecule has 39 heavy (non-hydrogen) atoms. The summed E-state index contributed by atoms with van der Waals surface area (Å²) >= 11 is 0. The van der Waals surface area contributed by atoms with Crippen LogP contribution in [0.5, 0.6) is 23.0 Å². The van der Waals surface area contributed by atoms with Crippen molar-refractivity contribution in [2.45, 2.75) is 12.5 Å². The Kier molecular flexibility index (Phi) is 7.91. The Morgan fingerprint density at radius 1 is 0.897 bits per heavy atom. The minimum atomic E-state index is -0.792. The molecule has 5 aromatic rings. The lowest BCUT2D eigenvalue weighted by atomic mass is 10.0. The zero-order valence-electron chi connectivity index (χ0n) is 21.6. The number of hydrogen-bond donors (Lipinski definition) is 4. The van der Waals surface area contributed by atoms with E-state index in [1.165, 1.54) is 12.1 Å². The van der Waals surface area contributed by atoms with E-state index in [2.05, 4.69) is 10.3 Å². The van der Waals surface area contributed by atoms with E-state index >= 15 is 0 Å². The highest BCUT2D eigenvalue weighted by atomic mass is 16.5. The van der Waals surface area contributed by atoms with E-state index < -0.39 is 6.10 Å². The Morgan fingerprint density at radius 3 is 2.44 bits per heavy atom. The first kappa shape index (κ1) is 26.0. The number of methoxy groups -OCH3 is 1. The van der Waals surface area contributed by atoms with Gasteiger partial charge in [0, 0.05) is 23.6 Å². The molecular weight excluding hydrogens is 492 g/mol. The molecule has 0 saturated carbocycles. The number of H-pyrrole nitrogens is 1. The predicted octanol–water partition coefficient (Wildman–Crippen LogP) is 5.57. The average Bonchev–Trinajstić information content (AvgIpc) is 2.97. The maximum Gasteiger partial charge on any atom is 0.248 e. The highest BCUT2D eigenvalue weighted by Crippen LogP contribution is 2.35. The van der Waals surface area contributed by atoms with Gasteiger partial charge in [0.2, 0.25) is 5.56 Å². The van der Waals surface area contributed by atoms with Crippen LogP contribution in [0.2, 0.25) is 0 Å². The number of phenolic OH excluding ortho intramolecular Hbond substituents is 1. The number of nitrogens with one attached hydrogen (secondary N) is 2. The predicted molar refractivity (Wildman–Crippen MR) is 153 cm³/mol. The van der Waals surface area contributed by atoms with Gasteiger partial charge in [-0.3, -0.25) is 4.79 Å². The van der Waals surface area contributed by atoms with Crippen LogP contribution in [0.25, 0.3) is 22.0 Å². The molecule has 5 rings (SSSR count). The highest BCUT2D eigenvalue weighted by Gasteiger charge is 2.14. The molecule has 198 valence electrons. The number of rotatable bonds is 10. The molecule has 0 radical (unpaired) electrons. The summed E-state index contributed by atoms with van der Waals surface area (Å²) in [6, 6.07) is 29.9. The molecule has 0 bridgehead atoms. The lowest BCUT2D eigenvalue weighted by Gasteiger charge is -2.15. The topological polar surface area (TPSA) is 104 Å². The van der Waals surface area contributed by atoms with Gasteiger partial charge in [-0.15, -0.1) is 0 Å². The number of aromatic hydroxyl groups is 1. The van der Waals surface area contributed by atoms with Crippen molar-refractivity contribution in [1.82, 2.24) is 10.3 Å². The molecular formula is C32H30N2O5. The van der Waals surface area contributed by atoms with E-state index in [1.807, 2.05) is 72.8 Å². The summed E-state index contributed by atoms with van der Waals surface area (Å²) in [7, 11) is 1.66. The van der Waals surface area contributed by atoms with E-state index in [-0.39, 0.29) is 11.3 Å². The van der Waals surface area contributed by atoms with Crippen LogP contribution < -0.4 is 20.3 Å². The van der Waals surface area contributed by atoms with Crippen LogP contribution in [0.4, 0.5) is 0 Å². The van der Waals surface area contributed by atoms with Gasteiger partial charge in [0.25, 0.3) is 0 Å². The third kappa shape index (κ3) is 6.12. The summed E-state index contributed by atoms with van der Waals surface area (Å²) < 4.78 is 11.6. The van der Waals surface area contributed by atoms with Gasteiger partial charge in [0.05, 0.1) is 18.7 Å². The molecule has 0 saturated heterocycles. The zero-order valence-corrected chi connectivity index (χ0v) is 21.6. The van der Waals surface area contributed by atoms with Crippen molar-refractivity contribution < 1.29 is 19.7 Å². The van der Waals surface area contributed by atoms with Crippen molar-refractivity contribution in [3.05, 3.63) is 119 Å². The lowest BCUT2D eigenvalue weighted by Crippen LogP contribution is -2.24. The van der Waals surface area contributed by atoms with Gasteiger partial charge >= 0.3 is 0 Å². The molecule has 0 amide bonds. The second-order valence-corrected chi connectivity index (χ2v) is 9.23. The van der Waals surface area contributed by atoms with Crippen molar-refractivity contribution >= 4 is 10.9 Å². The van der Waals surface area contributed by atoms with Crippen molar-refractivity contribution in [2.24, 2.45) is 0 Å². The number of ether oxygens (including phenoxy) is 2. The monoisotopic (exact) mass is 522 g/mol. The second kappa shape index (κ2) is 11.9. The van der Waals surface area contributed by atoms with Crippen LogP contribution in [0, 0.1) is 0 Å². The fourth-order valence-electron chi connectivity index (χ4n) is 4.59. The Labute approximate surface area is 226 Å². The molecule has 0 aliphatic heterocycles. The van der Waals surface area contributed by atoms with E-state index in [0.717, 1.165) is 40.4 Å². The fraction of sp³-hybridized carbons (Fsp3) is 0.156. The molecule has 0 unspecified atom stereocenters. The molecule has 1 aromatic heterocycles. The standard InChI is InChI=1S/C32H30N2O5/c1-38-30-15-11-24(19-27(30)22-5-3-2-4-6-22)39-23-9-7-21(8-10-23)17-18-33-20-29(36)25-12-14-28(35)32-26(25)13-16-31(37)34-32/h2-16,19,29,33,35-36H,17-18,20H2,1H3,(H,34,37)/t29-/m0/s1. The molecule has 0 aliphatic rings. The third-order valence-electron chi connectivity index (χ3n) is 6.61. The summed E-state index contributed by atoms with van der Waals surface area (Å²) in [6.07, 6.45) is -0.0165. The van der Waals surface area contributed by atoms with Crippen molar-refractivity contribution in [3.8, 4) is 34.1 Å². The Morgan fingerprint density at radius 2 is 1.67 bits per heavy atom. The van der Waals surface area contributed by atoms with Crippen molar-refractivity contribution in [1.29, 1.82) is 0 Å². The van der Waals surface area contributed by atoms with Gasteiger partial charge < -0.3 is 30.0 Å². The van der Waals surface area contributed by atoms with Gasteiger partial charge in [-0.25, -0.2) is 0 Å². The molecule has 1 heterocycles. The minimum Gasteiger partial charge on any atom is -0.506 e. The number of aromatic nitrogens is 1. The summed E-state index contributed by atoms with van der Waals surface area (Å²) in [4.78, 5) is 14.2. The number of benzene rings is 4. The number of aliphatic hydroxyl groups excluding tert-OH is 1. The van der Waals surface area contributed by atoms with Crippen LogP contribution in [0.15, 0.2) is 102 Å². The van der Waals surface area contributed by atoms with Gasteiger partial charge in [0.15, 0.2) is 0 Å². The minimum absolute atomic E-state index is 0.0253. The second-order valence-electron chi connectivity index (χ2n) is 9.23. The van der Waals surface area contributed by atoms with Gasteiger partial charge in [-0.05, 0) is 72.1 Å². The molecule has 7 nitrogen and oxygen atoms in total. The Hall–Kier alpha value is -4.59. The van der Waals surface area contributed by atoms with E-state index in [4.69, 9.17) is 9.47 Å². The maximum absolute atomic E-state index is 11.6. The largest absolute Gasteiger partial charge is 0.506 e. The van der Waals surface area contributed by atoms with Gasteiger partial charge in [0.1, 0.15) is 23.0 Å². The van der Waals surface area contributed by atoms with Gasteiger partial charge in [-0.2, -0.15) is 0 Å². The quantitative estimate of drug-likeness (QED) is 0.179. The first-order valence-corrected chi connectivity index (χ1v) is 12.8. The van der Waals surface area contributed by atoms with Crippen LogP contribution in [0.3, 0.4) is 0 Å². The molecule has 7 heteroatoms. The number of fused-ring (bicyclic) bond motifs is 1. The normalized spacial score (nSPS) is 11.8. The lowest BCUT2D eigenvalue weighted by molar-refractivity contribution is 0.176. The number of hydrogen-bond acceptors (Lipinski definition) is 6. The smallest absolute Gasteiger partial charge is 0.248 e. The summed E-state index contributed by atoms with van der Waals surface area (Å²) in [5.41, 5.74) is 3.82. The highest BCUT2D eigenvalue weighted by molar-refractivity contribution is 5.87. The van der Waals surface area contributed by atoms with Crippen molar-refractivity contribution in [3.63, 3.8) is 0 Å². The number of pyridine rings is 1. The Bertz CT molecular complexity index is 1610. The molecule has 0 spiro atoms. The van der Waals surface area contributed by atoms with Crippen LogP contribution in [0.1, 0.15) is 17.2 Å².